The van der Waals surface area contributed by atoms with Gasteiger partial charge in [0.1, 0.15) is 6.10 Å². The minimum Gasteiger partial charge on any atom is -0.466 e. The van der Waals surface area contributed by atoms with E-state index >= 15 is 0 Å². The molecule has 4 aliphatic rings. The summed E-state index contributed by atoms with van der Waals surface area (Å²) in [6.45, 7) is 6.13. The van der Waals surface area contributed by atoms with Crippen LogP contribution in [0.1, 0.15) is 98.3 Å². The molecule has 0 saturated carbocycles. The lowest BCUT2D eigenvalue weighted by molar-refractivity contribution is -0.327. The van der Waals surface area contributed by atoms with Gasteiger partial charge in [0.2, 0.25) is 5.79 Å². The molecule has 0 aromatic rings. The summed E-state index contributed by atoms with van der Waals surface area (Å²) in [5.74, 6) is -4.30. The van der Waals surface area contributed by atoms with Crippen LogP contribution >= 0.6 is 0 Å². The van der Waals surface area contributed by atoms with Crippen LogP contribution in [-0.2, 0) is 42.8 Å². The van der Waals surface area contributed by atoms with Gasteiger partial charge in [0.05, 0.1) is 56.3 Å². The van der Waals surface area contributed by atoms with Crippen LogP contribution in [0.4, 0.5) is 0 Å². The highest BCUT2D eigenvalue weighted by atomic mass is 16.7. The standard InChI is InChI=1S/C34H52O12/c1-20(35)29-19-28-14-22(15-30(38)41-5)32(42-21(2)36)34(40,46-28)33(3,4)13-12-24-8-6-10-26(43-24)18-27-11-7-9-25(44-27)16-23(37)17-31(39)45-29/h12-13,15,20,23-29,32,35,37,40H,6-11,14,16-19H2,1-5H3/b13-12-,22-15+/t20-,23-,24-,25+,26+,27-,28+,29-,32+,34-/m1/s1. The van der Waals surface area contributed by atoms with Crippen LogP contribution in [-0.4, -0.2) is 101 Å². The third kappa shape index (κ3) is 9.38. The molecule has 12 nitrogen and oxygen atoms in total. The minimum atomic E-state index is -2.19. The molecule has 12 heteroatoms. The molecule has 0 radical (unpaired) electrons. The number of fused-ring (bicyclic) bond motifs is 6. The molecule has 0 aliphatic carbocycles. The monoisotopic (exact) mass is 652 g/mol. The first-order valence-corrected chi connectivity index (χ1v) is 16.6. The van der Waals surface area contributed by atoms with E-state index < -0.39 is 59.6 Å². The van der Waals surface area contributed by atoms with E-state index in [1.165, 1.54) is 27.0 Å². The number of methoxy groups -OCH3 is 1. The van der Waals surface area contributed by atoms with Gasteiger partial charge < -0.3 is 43.7 Å². The van der Waals surface area contributed by atoms with E-state index in [-0.39, 0.29) is 55.7 Å². The number of ether oxygens (including phenoxy) is 6. The lowest BCUT2D eigenvalue weighted by atomic mass is 9.74. The maximum absolute atomic E-state index is 13.0. The van der Waals surface area contributed by atoms with Gasteiger partial charge in [-0.25, -0.2) is 4.79 Å². The summed E-state index contributed by atoms with van der Waals surface area (Å²) in [6.07, 6.45) is 4.87. The SMILES string of the molecule is COC(=O)/C=C1\C[C@H]2C[C@H]([C@@H](C)O)OC(=O)C[C@H](O)C[C@@H]3CCC[C@H](C[C@@H]4CCC[C@H](/C=C\C(C)(C)[C@](O)(O2)[C@H]1OC(C)=O)O4)O3. The molecule has 46 heavy (non-hydrogen) atoms. The molecule has 3 N–H and O–H groups in total. The van der Waals surface area contributed by atoms with Crippen LogP contribution in [0.15, 0.2) is 23.8 Å². The van der Waals surface area contributed by atoms with E-state index in [0.29, 0.717) is 6.42 Å². The van der Waals surface area contributed by atoms with Gasteiger partial charge in [0, 0.05) is 31.3 Å². The first-order valence-electron chi connectivity index (χ1n) is 16.6. The van der Waals surface area contributed by atoms with Gasteiger partial charge in [-0.3, -0.25) is 9.59 Å². The van der Waals surface area contributed by atoms with E-state index in [9.17, 15) is 29.7 Å². The molecule has 3 fully saturated rings. The van der Waals surface area contributed by atoms with Crippen molar-refractivity contribution in [3.05, 3.63) is 23.8 Å². The molecule has 4 heterocycles. The van der Waals surface area contributed by atoms with Crippen LogP contribution in [0.2, 0.25) is 0 Å². The second-order valence-electron chi connectivity index (χ2n) is 13.8. The minimum absolute atomic E-state index is 0.00610. The Morgan fingerprint density at radius 1 is 1.00 bits per heavy atom. The molecule has 0 spiro atoms. The molecule has 0 aromatic heterocycles. The lowest BCUT2D eigenvalue weighted by Gasteiger charge is -2.51. The van der Waals surface area contributed by atoms with E-state index in [1.54, 1.807) is 19.9 Å². The van der Waals surface area contributed by atoms with Crippen LogP contribution in [0.3, 0.4) is 0 Å². The van der Waals surface area contributed by atoms with Crippen molar-refractivity contribution in [2.45, 2.75) is 159 Å². The summed E-state index contributed by atoms with van der Waals surface area (Å²) in [5.41, 5.74) is -0.963. The van der Waals surface area contributed by atoms with Crippen LogP contribution < -0.4 is 0 Å². The Morgan fingerprint density at radius 3 is 2.30 bits per heavy atom. The maximum Gasteiger partial charge on any atom is 0.330 e. The summed E-state index contributed by atoms with van der Waals surface area (Å²) >= 11 is 0. The number of carbonyl (C=O) groups is 3. The van der Waals surface area contributed by atoms with Gasteiger partial charge in [-0.15, -0.1) is 0 Å². The zero-order chi connectivity index (χ0) is 33.6. The summed E-state index contributed by atoms with van der Waals surface area (Å²) in [4.78, 5) is 37.7. The molecular weight excluding hydrogens is 600 g/mol. The Morgan fingerprint density at radius 2 is 1.65 bits per heavy atom. The van der Waals surface area contributed by atoms with Crippen molar-refractivity contribution in [2.24, 2.45) is 5.41 Å². The number of esters is 3. The fraction of sp³-hybridized carbons (Fsp3) is 0.794. The zero-order valence-corrected chi connectivity index (χ0v) is 27.7. The molecule has 4 aliphatic heterocycles. The number of hydrogen-bond donors (Lipinski definition) is 3. The third-order valence-electron chi connectivity index (χ3n) is 9.54. The first-order chi connectivity index (χ1) is 21.7. The topological polar surface area (TPSA) is 167 Å². The van der Waals surface area contributed by atoms with Crippen molar-refractivity contribution in [2.75, 3.05) is 7.11 Å². The predicted molar refractivity (Wildman–Crippen MR) is 164 cm³/mol. The van der Waals surface area contributed by atoms with E-state index in [2.05, 4.69) is 0 Å². The highest BCUT2D eigenvalue weighted by Crippen LogP contribution is 2.47. The molecule has 0 amide bonds. The Balaban J connectivity index is 1.72. The number of carbonyl (C=O) groups excluding carboxylic acids is 3. The van der Waals surface area contributed by atoms with E-state index in [4.69, 9.17) is 28.4 Å². The molecule has 3 saturated heterocycles. The summed E-state index contributed by atoms with van der Waals surface area (Å²) in [5, 5.41) is 33.8. The van der Waals surface area contributed by atoms with Crippen molar-refractivity contribution in [1.82, 2.24) is 0 Å². The maximum atomic E-state index is 13.0. The van der Waals surface area contributed by atoms with Gasteiger partial charge >= 0.3 is 17.9 Å². The Labute approximate surface area is 271 Å². The van der Waals surface area contributed by atoms with Gasteiger partial charge in [-0.2, -0.15) is 0 Å². The zero-order valence-electron chi connectivity index (χ0n) is 27.7. The largest absolute Gasteiger partial charge is 0.466 e. The van der Waals surface area contributed by atoms with Crippen molar-refractivity contribution in [3.63, 3.8) is 0 Å². The third-order valence-corrected chi connectivity index (χ3v) is 9.54. The van der Waals surface area contributed by atoms with Gasteiger partial charge in [0.15, 0.2) is 6.10 Å². The molecule has 4 rings (SSSR count). The van der Waals surface area contributed by atoms with Crippen LogP contribution in [0.25, 0.3) is 0 Å². The van der Waals surface area contributed by atoms with E-state index in [0.717, 1.165) is 38.5 Å². The molecule has 6 bridgehead atoms. The number of aliphatic hydroxyl groups is 3. The lowest BCUT2D eigenvalue weighted by Crippen LogP contribution is -2.62. The van der Waals surface area contributed by atoms with Crippen molar-refractivity contribution < 1.29 is 58.1 Å². The molecule has 260 valence electrons. The number of hydrogen-bond acceptors (Lipinski definition) is 12. The quantitative estimate of drug-likeness (QED) is 0.177. The van der Waals surface area contributed by atoms with Gasteiger partial charge in [-0.1, -0.05) is 26.0 Å². The molecular formula is C34H52O12. The highest BCUT2D eigenvalue weighted by molar-refractivity contribution is 5.83. The molecule has 0 aromatic carbocycles. The second kappa shape index (κ2) is 15.7. The fourth-order valence-corrected chi connectivity index (χ4v) is 7.00. The smallest absolute Gasteiger partial charge is 0.330 e. The normalized spacial score (nSPS) is 39.7. The van der Waals surface area contributed by atoms with Crippen molar-refractivity contribution >= 4 is 17.9 Å². The van der Waals surface area contributed by atoms with Crippen molar-refractivity contribution in [1.29, 1.82) is 0 Å². The van der Waals surface area contributed by atoms with E-state index in [1.807, 2.05) is 6.08 Å². The first kappa shape index (κ1) is 36.5. The van der Waals surface area contributed by atoms with Gasteiger partial charge in [-0.05, 0) is 63.9 Å². The average Bonchev–Trinajstić information content (AvgIpc) is 2.97. The van der Waals surface area contributed by atoms with Crippen LogP contribution in [0.5, 0.6) is 0 Å². The second-order valence-corrected chi connectivity index (χ2v) is 13.8. The van der Waals surface area contributed by atoms with Gasteiger partial charge in [0.25, 0.3) is 0 Å². The number of rotatable bonds is 3. The molecule has 10 atom stereocenters. The Kier molecular flexibility index (Phi) is 12.5. The van der Waals surface area contributed by atoms with Crippen molar-refractivity contribution in [3.8, 4) is 0 Å². The average molecular weight is 653 g/mol. The number of aliphatic hydroxyl groups excluding tert-OH is 2. The fourth-order valence-electron chi connectivity index (χ4n) is 7.00. The summed E-state index contributed by atoms with van der Waals surface area (Å²) in [7, 11) is 1.21. The van der Waals surface area contributed by atoms with Crippen LogP contribution in [0, 0.1) is 5.41 Å². The summed E-state index contributed by atoms with van der Waals surface area (Å²) in [6, 6.07) is 0. The Bertz CT molecular complexity index is 1130. The predicted octanol–water partition coefficient (Wildman–Crippen LogP) is 3.18. The number of cyclic esters (lactones) is 1. The summed E-state index contributed by atoms with van der Waals surface area (Å²) < 4.78 is 35.3. The highest BCUT2D eigenvalue weighted by Gasteiger charge is 2.57. The molecule has 0 unspecified atom stereocenters. The Hall–Kier alpha value is -2.35.